The number of fused-ring (bicyclic) bond motifs is 2. The van der Waals surface area contributed by atoms with Gasteiger partial charge in [0.2, 0.25) is 0 Å². The number of halogens is 4. The summed E-state index contributed by atoms with van der Waals surface area (Å²) < 4.78 is 46.6. The zero-order chi connectivity index (χ0) is 25.7. The minimum absolute atomic E-state index is 0.499. The van der Waals surface area contributed by atoms with Crippen molar-refractivity contribution in [2.75, 3.05) is 18.6 Å². The molecule has 192 valence electrons. The molecule has 4 aromatic rings. The van der Waals surface area contributed by atoms with Crippen molar-refractivity contribution >= 4 is 23.1 Å². The third-order valence-corrected chi connectivity index (χ3v) is 7.55. The van der Waals surface area contributed by atoms with Gasteiger partial charge in [-0.05, 0) is 73.9 Å². The molecule has 1 fully saturated rings. The highest BCUT2D eigenvalue weighted by atomic mass is 35.5. The van der Waals surface area contributed by atoms with Crippen molar-refractivity contribution in [3.8, 4) is 16.9 Å². The first-order valence-corrected chi connectivity index (χ1v) is 12.8. The van der Waals surface area contributed by atoms with Gasteiger partial charge >= 0.3 is 6.18 Å². The van der Waals surface area contributed by atoms with Crippen LogP contribution in [0.5, 0.6) is 5.75 Å². The lowest BCUT2D eigenvalue weighted by Crippen LogP contribution is -2.29. The van der Waals surface area contributed by atoms with Gasteiger partial charge < -0.3 is 9.64 Å². The molecule has 2 heterocycles. The molecule has 2 aromatic heterocycles. The van der Waals surface area contributed by atoms with Crippen LogP contribution in [0.3, 0.4) is 0 Å². The zero-order valence-electron chi connectivity index (χ0n) is 20.4. The first kappa shape index (κ1) is 24.1. The lowest BCUT2D eigenvalue weighted by molar-refractivity contribution is -0.137. The number of benzene rings is 2. The van der Waals surface area contributed by atoms with Crippen LogP contribution >= 0.6 is 11.6 Å². The summed E-state index contributed by atoms with van der Waals surface area (Å²) in [6.45, 7) is 1.32. The molecule has 0 unspecified atom stereocenters. The van der Waals surface area contributed by atoms with Crippen LogP contribution in [0.2, 0.25) is 5.02 Å². The molecule has 37 heavy (non-hydrogen) atoms. The molecule has 0 bridgehead atoms. The molecular weight excluding hydrogens is 501 g/mol. The van der Waals surface area contributed by atoms with Crippen LogP contribution in [0.15, 0.2) is 48.7 Å². The Kier molecular flexibility index (Phi) is 6.02. The van der Waals surface area contributed by atoms with E-state index in [9.17, 15) is 13.2 Å². The standard InChI is InChI=1S/C28H26ClF3N4O/c1-37-20-11-12-21(24(29)13-20)23-14-33-36-26(23)34-25-4-2-3-22(25)27(36)35(15-17-5-6-17)16-18-7-9-19(10-8-18)28(30,31)32/h7-14,17H,2-6,15-16H2,1H3. The number of methoxy groups -OCH3 is 1. The smallest absolute Gasteiger partial charge is 0.416 e. The number of ether oxygens (including phenoxy) is 1. The Bertz CT molecular complexity index is 1460. The van der Waals surface area contributed by atoms with E-state index in [1.54, 1.807) is 31.5 Å². The summed E-state index contributed by atoms with van der Waals surface area (Å²) in [7, 11) is 1.60. The Balaban J connectivity index is 1.45. The fourth-order valence-electron chi connectivity index (χ4n) is 5.17. The second kappa shape index (κ2) is 9.24. The van der Waals surface area contributed by atoms with Gasteiger partial charge in [-0.2, -0.15) is 22.8 Å². The molecular formula is C28H26ClF3N4O. The quantitative estimate of drug-likeness (QED) is 0.260. The molecule has 0 amide bonds. The van der Waals surface area contributed by atoms with Gasteiger partial charge in [-0.25, -0.2) is 4.98 Å². The SMILES string of the molecule is COc1ccc(-c2cnn3c(N(Cc4ccc(C(F)(F)F)cc4)CC4CC4)c4c(nc23)CCC4)c(Cl)c1. The minimum Gasteiger partial charge on any atom is -0.497 e. The first-order valence-electron chi connectivity index (χ1n) is 12.5. The lowest BCUT2D eigenvalue weighted by Gasteiger charge is -2.28. The van der Waals surface area contributed by atoms with Crippen LogP contribution in [0.25, 0.3) is 16.8 Å². The van der Waals surface area contributed by atoms with E-state index in [1.807, 2.05) is 16.6 Å². The molecule has 9 heteroatoms. The van der Waals surface area contributed by atoms with Crippen LogP contribution in [0.4, 0.5) is 19.0 Å². The lowest BCUT2D eigenvalue weighted by atomic mass is 10.1. The largest absolute Gasteiger partial charge is 0.497 e. The Hall–Kier alpha value is -3.26. The molecule has 5 nitrogen and oxygen atoms in total. The minimum atomic E-state index is -4.35. The Morgan fingerprint density at radius 3 is 2.54 bits per heavy atom. The van der Waals surface area contributed by atoms with Gasteiger partial charge in [0, 0.05) is 35.5 Å². The number of nitrogens with zero attached hydrogens (tertiary/aromatic N) is 4. The molecule has 2 aliphatic rings. The van der Waals surface area contributed by atoms with Crippen molar-refractivity contribution in [1.29, 1.82) is 0 Å². The molecule has 0 atom stereocenters. The van der Waals surface area contributed by atoms with E-state index in [-0.39, 0.29) is 0 Å². The Morgan fingerprint density at radius 2 is 1.86 bits per heavy atom. The van der Waals surface area contributed by atoms with Crippen LogP contribution < -0.4 is 9.64 Å². The van der Waals surface area contributed by atoms with Crippen molar-refractivity contribution in [3.63, 3.8) is 0 Å². The number of aryl methyl sites for hydroxylation is 1. The van der Waals surface area contributed by atoms with E-state index in [1.165, 1.54) is 5.56 Å². The highest BCUT2D eigenvalue weighted by molar-refractivity contribution is 6.33. The predicted molar refractivity (Wildman–Crippen MR) is 137 cm³/mol. The van der Waals surface area contributed by atoms with E-state index < -0.39 is 11.7 Å². The third kappa shape index (κ3) is 4.63. The molecule has 2 aromatic carbocycles. The highest BCUT2D eigenvalue weighted by Gasteiger charge is 2.32. The maximum absolute atomic E-state index is 13.1. The maximum atomic E-state index is 13.1. The van der Waals surface area contributed by atoms with E-state index in [4.69, 9.17) is 26.4 Å². The predicted octanol–water partition coefficient (Wildman–Crippen LogP) is 6.98. The summed E-state index contributed by atoms with van der Waals surface area (Å²) in [6, 6.07) is 11.0. The van der Waals surface area contributed by atoms with Gasteiger partial charge in [0.25, 0.3) is 0 Å². The summed E-state index contributed by atoms with van der Waals surface area (Å²) in [6.07, 6.45) is 2.56. The topological polar surface area (TPSA) is 42.7 Å². The van der Waals surface area contributed by atoms with Crippen molar-refractivity contribution < 1.29 is 17.9 Å². The fraction of sp³-hybridized carbons (Fsp3) is 0.357. The number of hydrogen-bond donors (Lipinski definition) is 0. The van der Waals surface area contributed by atoms with E-state index in [0.717, 1.165) is 84.6 Å². The molecule has 0 saturated heterocycles. The van der Waals surface area contributed by atoms with Crippen LogP contribution in [0.1, 0.15) is 41.6 Å². The van der Waals surface area contributed by atoms with Crippen molar-refractivity contribution in [2.24, 2.45) is 5.92 Å². The van der Waals surface area contributed by atoms with E-state index >= 15 is 0 Å². The van der Waals surface area contributed by atoms with Crippen LogP contribution in [0, 0.1) is 5.92 Å². The molecule has 0 radical (unpaired) electrons. The molecule has 1 saturated carbocycles. The molecule has 0 aliphatic heterocycles. The first-order chi connectivity index (χ1) is 17.8. The summed E-state index contributed by atoms with van der Waals surface area (Å²) in [5, 5.41) is 5.32. The fourth-order valence-corrected chi connectivity index (χ4v) is 5.44. The number of anilines is 1. The van der Waals surface area contributed by atoms with E-state index in [2.05, 4.69) is 4.90 Å². The van der Waals surface area contributed by atoms with Crippen molar-refractivity contribution in [3.05, 3.63) is 76.1 Å². The third-order valence-electron chi connectivity index (χ3n) is 7.24. The average molecular weight is 527 g/mol. The molecule has 2 aliphatic carbocycles. The van der Waals surface area contributed by atoms with Gasteiger partial charge in [0.05, 0.1) is 23.9 Å². The van der Waals surface area contributed by atoms with Gasteiger partial charge in [-0.3, -0.25) is 0 Å². The number of alkyl halides is 3. The van der Waals surface area contributed by atoms with Gasteiger partial charge in [0.1, 0.15) is 11.6 Å². The number of aromatic nitrogens is 3. The maximum Gasteiger partial charge on any atom is 0.416 e. The summed E-state index contributed by atoms with van der Waals surface area (Å²) in [4.78, 5) is 7.30. The summed E-state index contributed by atoms with van der Waals surface area (Å²) >= 11 is 6.61. The van der Waals surface area contributed by atoms with Gasteiger partial charge in [-0.15, -0.1) is 0 Å². The second-order valence-corrected chi connectivity index (χ2v) is 10.3. The molecule has 6 rings (SSSR count). The molecule has 0 N–H and O–H groups in total. The number of rotatable bonds is 7. The summed E-state index contributed by atoms with van der Waals surface area (Å²) in [5.41, 5.74) is 4.82. The van der Waals surface area contributed by atoms with Gasteiger partial charge in [-0.1, -0.05) is 23.7 Å². The van der Waals surface area contributed by atoms with Crippen molar-refractivity contribution in [1.82, 2.24) is 14.6 Å². The van der Waals surface area contributed by atoms with Crippen LogP contribution in [-0.4, -0.2) is 28.3 Å². The Labute approximate surface area is 217 Å². The Morgan fingerprint density at radius 1 is 1.08 bits per heavy atom. The average Bonchev–Trinajstić information content (AvgIpc) is 3.40. The summed E-state index contributed by atoms with van der Waals surface area (Å²) in [5.74, 6) is 2.23. The monoisotopic (exact) mass is 526 g/mol. The van der Waals surface area contributed by atoms with Crippen molar-refractivity contribution in [2.45, 2.75) is 44.8 Å². The number of hydrogen-bond acceptors (Lipinski definition) is 4. The normalized spacial score (nSPS) is 15.3. The highest BCUT2D eigenvalue weighted by Crippen LogP contribution is 2.40. The van der Waals surface area contributed by atoms with E-state index in [0.29, 0.717) is 23.2 Å². The molecule has 0 spiro atoms. The van der Waals surface area contributed by atoms with Gasteiger partial charge in [0.15, 0.2) is 5.65 Å². The van der Waals surface area contributed by atoms with Crippen LogP contribution in [-0.2, 0) is 25.6 Å². The second-order valence-electron chi connectivity index (χ2n) is 9.87. The zero-order valence-corrected chi connectivity index (χ0v) is 21.1.